The van der Waals surface area contributed by atoms with Gasteiger partial charge in [0.2, 0.25) is 0 Å². The Bertz CT molecular complexity index is 246. The Balaban J connectivity index is 2.15. The van der Waals surface area contributed by atoms with E-state index in [0.29, 0.717) is 0 Å². The summed E-state index contributed by atoms with van der Waals surface area (Å²) in [6.07, 6.45) is 4.22. The monoisotopic (exact) mass is 146 g/mol. The highest BCUT2D eigenvalue weighted by molar-refractivity contribution is 5.26. The molecule has 0 amide bonds. The maximum absolute atomic E-state index is 2.26. The quantitative estimate of drug-likeness (QED) is 0.601. The number of hydrogen-bond donors (Lipinski definition) is 0. The molecule has 1 aliphatic carbocycles. The molecule has 0 N–H and O–H groups in total. The molecule has 0 aliphatic heterocycles. The van der Waals surface area contributed by atoms with Crippen LogP contribution in [0.4, 0.5) is 0 Å². The van der Waals surface area contributed by atoms with E-state index in [1.165, 1.54) is 24.8 Å². The zero-order valence-corrected chi connectivity index (χ0v) is 7.01. The van der Waals surface area contributed by atoms with E-state index >= 15 is 0 Å². The second kappa shape index (κ2) is 2.69. The summed E-state index contributed by atoms with van der Waals surface area (Å²) in [5.41, 5.74) is 3.01. The summed E-state index contributed by atoms with van der Waals surface area (Å²) >= 11 is 0. The standard InChI is InChI=1S/C11H14/c1-9-4-2-3-5-11(9)8-10-6-7-10/h2-5,10H,6-8H2,1H3. The molecule has 2 rings (SSSR count). The van der Waals surface area contributed by atoms with Gasteiger partial charge < -0.3 is 0 Å². The van der Waals surface area contributed by atoms with Crippen molar-refractivity contribution in [2.45, 2.75) is 26.2 Å². The first-order chi connectivity index (χ1) is 5.36. The van der Waals surface area contributed by atoms with Crippen LogP contribution < -0.4 is 0 Å². The lowest BCUT2D eigenvalue weighted by Gasteiger charge is -2.02. The number of aryl methyl sites for hydroxylation is 1. The van der Waals surface area contributed by atoms with E-state index in [0.717, 1.165) is 5.92 Å². The van der Waals surface area contributed by atoms with Crippen LogP contribution in [0.15, 0.2) is 24.3 Å². The smallest absolute Gasteiger partial charge is 0.0248 e. The third-order valence-electron chi connectivity index (χ3n) is 2.47. The van der Waals surface area contributed by atoms with E-state index in [4.69, 9.17) is 0 Å². The molecule has 0 heteroatoms. The van der Waals surface area contributed by atoms with E-state index in [9.17, 15) is 0 Å². The van der Waals surface area contributed by atoms with Gasteiger partial charge in [-0.05, 0) is 43.2 Å². The third-order valence-corrected chi connectivity index (χ3v) is 2.47. The summed E-state index contributed by atoms with van der Waals surface area (Å²) in [7, 11) is 0. The molecule has 11 heavy (non-hydrogen) atoms. The minimum atomic E-state index is 1.01. The summed E-state index contributed by atoms with van der Waals surface area (Å²) in [4.78, 5) is 0. The first kappa shape index (κ1) is 6.90. The highest BCUT2D eigenvalue weighted by Crippen LogP contribution is 2.33. The van der Waals surface area contributed by atoms with Crippen molar-refractivity contribution in [2.24, 2.45) is 5.92 Å². The summed E-state index contributed by atoms with van der Waals surface area (Å²) in [6.45, 7) is 2.21. The van der Waals surface area contributed by atoms with Crippen LogP contribution in [0.3, 0.4) is 0 Å². The summed E-state index contributed by atoms with van der Waals surface area (Å²) in [6, 6.07) is 8.72. The van der Waals surface area contributed by atoms with Crippen molar-refractivity contribution in [3.8, 4) is 0 Å². The lowest BCUT2D eigenvalue weighted by molar-refractivity contribution is 0.826. The van der Waals surface area contributed by atoms with Crippen LogP contribution in [0.25, 0.3) is 0 Å². The van der Waals surface area contributed by atoms with Gasteiger partial charge in [0.25, 0.3) is 0 Å². The third kappa shape index (κ3) is 1.62. The number of rotatable bonds is 2. The average Bonchev–Trinajstić information content (AvgIpc) is 2.78. The Morgan fingerprint density at radius 3 is 2.64 bits per heavy atom. The van der Waals surface area contributed by atoms with E-state index in [1.807, 2.05) is 0 Å². The predicted octanol–water partition coefficient (Wildman–Crippen LogP) is 2.95. The zero-order chi connectivity index (χ0) is 7.68. The van der Waals surface area contributed by atoms with Crippen LogP contribution in [-0.4, -0.2) is 0 Å². The van der Waals surface area contributed by atoms with Gasteiger partial charge in [-0.25, -0.2) is 0 Å². The first-order valence-electron chi connectivity index (χ1n) is 4.41. The fraction of sp³-hybridized carbons (Fsp3) is 0.455. The lowest BCUT2D eigenvalue weighted by Crippen LogP contribution is -1.89. The number of benzene rings is 1. The van der Waals surface area contributed by atoms with Gasteiger partial charge in [0.1, 0.15) is 0 Å². The van der Waals surface area contributed by atoms with Gasteiger partial charge in [-0.3, -0.25) is 0 Å². The van der Waals surface area contributed by atoms with Crippen LogP contribution in [0.1, 0.15) is 24.0 Å². The van der Waals surface area contributed by atoms with E-state index in [1.54, 1.807) is 5.56 Å². The van der Waals surface area contributed by atoms with Crippen LogP contribution in [0.2, 0.25) is 0 Å². The fourth-order valence-corrected chi connectivity index (χ4v) is 1.47. The predicted molar refractivity (Wildman–Crippen MR) is 47.6 cm³/mol. The minimum absolute atomic E-state index is 1.01. The van der Waals surface area contributed by atoms with Crippen molar-refractivity contribution < 1.29 is 0 Å². The van der Waals surface area contributed by atoms with Crippen LogP contribution in [-0.2, 0) is 6.42 Å². The maximum atomic E-state index is 2.26. The van der Waals surface area contributed by atoms with Crippen molar-refractivity contribution in [3.05, 3.63) is 35.4 Å². The van der Waals surface area contributed by atoms with E-state index in [2.05, 4.69) is 31.2 Å². The molecule has 0 bridgehead atoms. The normalized spacial score (nSPS) is 16.8. The molecule has 0 unspecified atom stereocenters. The summed E-state index contributed by atoms with van der Waals surface area (Å²) < 4.78 is 0. The van der Waals surface area contributed by atoms with Gasteiger partial charge in [-0.15, -0.1) is 0 Å². The largest absolute Gasteiger partial charge is 0.0620 e. The molecule has 0 nitrogen and oxygen atoms in total. The second-order valence-corrected chi connectivity index (χ2v) is 3.57. The Morgan fingerprint density at radius 1 is 1.27 bits per heavy atom. The van der Waals surface area contributed by atoms with Crippen molar-refractivity contribution in [2.75, 3.05) is 0 Å². The van der Waals surface area contributed by atoms with Gasteiger partial charge in [-0.1, -0.05) is 24.3 Å². The van der Waals surface area contributed by atoms with Crippen molar-refractivity contribution in [3.63, 3.8) is 0 Å². The Hall–Kier alpha value is -0.780. The molecule has 1 saturated carbocycles. The molecule has 0 heterocycles. The van der Waals surface area contributed by atoms with Gasteiger partial charge in [0, 0.05) is 0 Å². The molecule has 1 aliphatic rings. The van der Waals surface area contributed by atoms with Crippen LogP contribution in [0.5, 0.6) is 0 Å². The molecule has 0 aromatic heterocycles. The average molecular weight is 146 g/mol. The topological polar surface area (TPSA) is 0 Å². The van der Waals surface area contributed by atoms with E-state index < -0.39 is 0 Å². The number of hydrogen-bond acceptors (Lipinski definition) is 0. The molecule has 58 valence electrons. The Kier molecular flexibility index (Phi) is 1.69. The molecule has 0 saturated heterocycles. The van der Waals surface area contributed by atoms with Crippen molar-refractivity contribution in [1.29, 1.82) is 0 Å². The highest BCUT2D eigenvalue weighted by Gasteiger charge is 2.21. The van der Waals surface area contributed by atoms with Crippen molar-refractivity contribution in [1.82, 2.24) is 0 Å². The van der Waals surface area contributed by atoms with Crippen LogP contribution in [0, 0.1) is 12.8 Å². The van der Waals surface area contributed by atoms with Gasteiger partial charge in [0.05, 0.1) is 0 Å². The summed E-state index contributed by atoms with van der Waals surface area (Å²) in [5.74, 6) is 1.01. The van der Waals surface area contributed by atoms with Crippen molar-refractivity contribution >= 4 is 0 Å². The Morgan fingerprint density at radius 2 is 2.00 bits per heavy atom. The summed E-state index contributed by atoms with van der Waals surface area (Å²) in [5, 5.41) is 0. The molecule has 1 aromatic rings. The molecule has 1 aromatic carbocycles. The highest BCUT2D eigenvalue weighted by atomic mass is 14.3. The molecular formula is C11H14. The molecule has 0 radical (unpaired) electrons. The first-order valence-corrected chi connectivity index (χ1v) is 4.41. The molecular weight excluding hydrogens is 132 g/mol. The maximum Gasteiger partial charge on any atom is -0.0248 e. The molecule has 0 spiro atoms. The lowest BCUT2D eigenvalue weighted by atomic mass is 10.0. The van der Waals surface area contributed by atoms with E-state index in [-0.39, 0.29) is 0 Å². The van der Waals surface area contributed by atoms with Gasteiger partial charge >= 0.3 is 0 Å². The SMILES string of the molecule is Cc1ccccc1CC1CC1. The second-order valence-electron chi connectivity index (χ2n) is 3.57. The zero-order valence-electron chi connectivity index (χ0n) is 7.01. The minimum Gasteiger partial charge on any atom is -0.0620 e. The Labute approximate surface area is 68.3 Å². The van der Waals surface area contributed by atoms with Gasteiger partial charge in [-0.2, -0.15) is 0 Å². The van der Waals surface area contributed by atoms with Crippen LogP contribution >= 0.6 is 0 Å². The fourth-order valence-electron chi connectivity index (χ4n) is 1.47. The molecule has 0 atom stereocenters. The van der Waals surface area contributed by atoms with Gasteiger partial charge in [0.15, 0.2) is 0 Å². The molecule has 1 fully saturated rings.